The molecule has 2 N–H and O–H groups in total. The lowest BCUT2D eigenvalue weighted by atomic mass is 10.2. The van der Waals surface area contributed by atoms with Crippen molar-refractivity contribution in [1.29, 1.82) is 0 Å². The van der Waals surface area contributed by atoms with Crippen molar-refractivity contribution < 1.29 is 13.7 Å². The smallest absolute Gasteiger partial charge is 0.290 e. The molecule has 1 saturated heterocycles. The highest BCUT2D eigenvalue weighted by Crippen LogP contribution is 2.32. The summed E-state index contributed by atoms with van der Waals surface area (Å²) in [6, 6.07) is 3.92. The summed E-state index contributed by atoms with van der Waals surface area (Å²) in [6.07, 6.45) is 1.96. The third-order valence-electron chi connectivity index (χ3n) is 3.47. The molecule has 0 bridgehead atoms. The molecule has 0 spiro atoms. The number of hydrogen-bond donors (Lipinski definition) is 1. The summed E-state index contributed by atoms with van der Waals surface area (Å²) < 4.78 is 10.7. The quantitative estimate of drug-likeness (QED) is 0.906. The Hall–Kier alpha value is -2.15. The van der Waals surface area contributed by atoms with Crippen LogP contribution in [0, 0.1) is 6.92 Å². The average molecular weight is 276 g/mol. The van der Waals surface area contributed by atoms with Crippen LogP contribution in [0.1, 0.15) is 46.9 Å². The molecule has 106 valence electrons. The molecule has 3 rings (SSSR count). The topological polar surface area (TPSA) is 98.4 Å². The van der Waals surface area contributed by atoms with Gasteiger partial charge in [0.15, 0.2) is 0 Å². The summed E-state index contributed by atoms with van der Waals surface area (Å²) in [5.74, 6) is 1.50. The van der Waals surface area contributed by atoms with E-state index in [1.165, 1.54) is 0 Å². The largest absolute Gasteiger partial charge is 0.465 e. The molecule has 1 atom stereocenters. The fourth-order valence-corrected chi connectivity index (χ4v) is 2.54. The van der Waals surface area contributed by atoms with Crippen molar-refractivity contribution in [3.8, 4) is 0 Å². The monoisotopic (exact) mass is 276 g/mol. The van der Waals surface area contributed by atoms with Crippen molar-refractivity contribution in [1.82, 2.24) is 15.0 Å². The lowest BCUT2D eigenvalue weighted by Crippen LogP contribution is -2.23. The van der Waals surface area contributed by atoms with E-state index >= 15 is 0 Å². The van der Waals surface area contributed by atoms with Gasteiger partial charge in [0.05, 0.1) is 12.6 Å². The van der Waals surface area contributed by atoms with Crippen molar-refractivity contribution in [2.45, 2.75) is 32.4 Å². The first-order valence-electron chi connectivity index (χ1n) is 6.56. The zero-order valence-electron chi connectivity index (χ0n) is 11.2. The molecule has 0 unspecified atom stereocenters. The second kappa shape index (κ2) is 5.09. The van der Waals surface area contributed by atoms with E-state index < -0.39 is 5.91 Å². The van der Waals surface area contributed by atoms with Gasteiger partial charge in [0.2, 0.25) is 5.89 Å². The van der Waals surface area contributed by atoms with E-state index in [0.29, 0.717) is 12.4 Å². The average Bonchev–Trinajstić information content (AvgIpc) is 3.10. The lowest BCUT2D eigenvalue weighted by molar-refractivity contribution is 0.0987. The van der Waals surface area contributed by atoms with Gasteiger partial charge in [-0.15, -0.1) is 0 Å². The van der Waals surface area contributed by atoms with Gasteiger partial charge >= 0.3 is 0 Å². The van der Waals surface area contributed by atoms with E-state index in [1.54, 1.807) is 0 Å². The Morgan fingerprint density at radius 1 is 1.55 bits per heavy atom. The molecule has 1 aliphatic heterocycles. The molecule has 0 aliphatic carbocycles. The second-order valence-electron chi connectivity index (χ2n) is 4.96. The number of rotatable bonds is 4. The number of amides is 1. The molecule has 3 heterocycles. The van der Waals surface area contributed by atoms with Crippen LogP contribution in [-0.2, 0) is 6.54 Å². The van der Waals surface area contributed by atoms with Crippen molar-refractivity contribution in [2.75, 3.05) is 6.54 Å². The summed E-state index contributed by atoms with van der Waals surface area (Å²) in [4.78, 5) is 17.3. The van der Waals surface area contributed by atoms with Gasteiger partial charge in [0.25, 0.3) is 11.7 Å². The molecule has 7 nitrogen and oxygen atoms in total. The Kier molecular flexibility index (Phi) is 3.27. The van der Waals surface area contributed by atoms with Crippen molar-refractivity contribution in [3.63, 3.8) is 0 Å². The van der Waals surface area contributed by atoms with Gasteiger partial charge < -0.3 is 14.7 Å². The number of likely N-dealkylation sites (tertiary alicyclic amines) is 1. The minimum absolute atomic E-state index is 0.0148. The Morgan fingerprint density at radius 3 is 3.05 bits per heavy atom. The van der Waals surface area contributed by atoms with Crippen molar-refractivity contribution in [2.24, 2.45) is 5.73 Å². The number of aryl methyl sites for hydroxylation is 1. The molecule has 0 aromatic carbocycles. The number of nitrogens with zero attached hydrogens (tertiary/aromatic N) is 3. The van der Waals surface area contributed by atoms with Gasteiger partial charge in [-0.25, -0.2) is 0 Å². The van der Waals surface area contributed by atoms with E-state index in [2.05, 4.69) is 15.0 Å². The minimum atomic E-state index is -0.675. The van der Waals surface area contributed by atoms with Crippen LogP contribution in [0.4, 0.5) is 0 Å². The molecule has 1 fully saturated rings. The molecule has 2 aromatic heterocycles. The minimum Gasteiger partial charge on any atom is -0.465 e. The Labute approximate surface area is 115 Å². The lowest BCUT2D eigenvalue weighted by Gasteiger charge is -2.19. The standard InChI is InChI=1S/C13H16N4O3/c1-8-4-5-9(19-8)7-17-6-2-3-10(17)13-15-12(11(14)18)16-20-13/h4-5,10H,2-3,6-7H2,1H3,(H2,14,18)/t10-/m0/s1. The van der Waals surface area contributed by atoms with E-state index in [0.717, 1.165) is 30.9 Å². The van der Waals surface area contributed by atoms with Gasteiger partial charge in [-0.2, -0.15) is 4.98 Å². The number of furan rings is 1. The molecule has 7 heteroatoms. The summed E-state index contributed by atoms with van der Waals surface area (Å²) in [6.45, 7) is 3.54. The van der Waals surface area contributed by atoms with Crippen molar-refractivity contribution in [3.05, 3.63) is 35.4 Å². The highest BCUT2D eigenvalue weighted by atomic mass is 16.5. The normalized spacial score (nSPS) is 19.6. The summed E-state index contributed by atoms with van der Waals surface area (Å²) in [7, 11) is 0. The predicted molar refractivity (Wildman–Crippen MR) is 68.6 cm³/mol. The molecule has 0 radical (unpaired) electrons. The van der Waals surface area contributed by atoms with Crippen LogP contribution in [0.15, 0.2) is 21.1 Å². The van der Waals surface area contributed by atoms with Gasteiger partial charge in [-0.1, -0.05) is 5.16 Å². The molecule has 1 aliphatic rings. The highest BCUT2D eigenvalue weighted by molar-refractivity contribution is 5.88. The van der Waals surface area contributed by atoms with Crippen LogP contribution in [0.3, 0.4) is 0 Å². The summed E-state index contributed by atoms with van der Waals surface area (Å²) in [5, 5.41) is 3.60. The zero-order valence-corrected chi connectivity index (χ0v) is 11.2. The van der Waals surface area contributed by atoms with Crippen LogP contribution in [-0.4, -0.2) is 27.5 Å². The van der Waals surface area contributed by atoms with Crippen LogP contribution < -0.4 is 5.73 Å². The van der Waals surface area contributed by atoms with Gasteiger partial charge in [-0.05, 0) is 38.4 Å². The molecule has 2 aromatic rings. The van der Waals surface area contributed by atoms with Crippen LogP contribution in [0.2, 0.25) is 0 Å². The Morgan fingerprint density at radius 2 is 2.40 bits per heavy atom. The molecular formula is C13H16N4O3. The number of hydrogen-bond acceptors (Lipinski definition) is 6. The molecular weight excluding hydrogens is 260 g/mol. The van der Waals surface area contributed by atoms with E-state index in [4.69, 9.17) is 14.7 Å². The number of carbonyl (C=O) groups excluding carboxylic acids is 1. The first-order chi connectivity index (χ1) is 9.63. The number of nitrogens with two attached hydrogens (primary N) is 1. The SMILES string of the molecule is Cc1ccc(CN2CCC[C@H]2c2nc(C(N)=O)no2)o1. The number of aromatic nitrogens is 2. The maximum Gasteiger partial charge on any atom is 0.290 e. The first kappa shape index (κ1) is 12.9. The predicted octanol–water partition coefficient (Wildman–Crippen LogP) is 1.41. The van der Waals surface area contributed by atoms with Gasteiger partial charge in [0, 0.05) is 0 Å². The summed E-state index contributed by atoms with van der Waals surface area (Å²) >= 11 is 0. The van der Waals surface area contributed by atoms with Crippen molar-refractivity contribution >= 4 is 5.91 Å². The van der Waals surface area contributed by atoms with Crippen LogP contribution in [0.25, 0.3) is 0 Å². The van der Waals surface area contributed by atoms with E-state index in [1.807, 2.05) is 19.1 Å². The third kappa shape index (κ3) is 2.44. The second-order valence-corrected chi connectivity index (χ2v) is 4.96. The van der Waals surface area contributed by atoms with E-state index in [9.17, 15) is 4.79 Å². The Balaban J connectivity index is 1.76. The molecule has 0 saturated carbocycles. The molecule has 1 amide bonds. The van der Waals surface area contributed by atoms with E-state index in [-0.39, 0.29) is 11.9 Å². The number of primary amides is 1. The fraction of sp³-hybridized carbons (Fsp3) is 0.462. The Bertz CT molecular complexity index is 619. The highest BCUT2D eigenvalue weighted by Gasteiger charge is 2.31. The maximum absolute atomic E-state index is 11.0. The van der Waals surface area contributed by atoms with Gasteiger partial charge in [0.1, 0.15) is 11.5 Å². The first-order valence-corrected chi connectivity index (χ1v) is 6.56. The van der Waals surface area contributed by atoms with Gasteiger partial charge in [-0.3, -0.25) is 9.69 Å². The number of carbonyl (C=O) groups is 1. The van der Waals surface area contributed by atoms with Crippen LogP contribution in [0.5, 0.6) is 0 Å². The fourth-order valence-electron chi connectivity index (χ4n) is 2.54. The molecule has 20 heavy (non-hydrogen) atoms. The summed E-state index contributed by atoms with van der Waals surface area (Å²) in [5.41, 5.74) is 5.13. The zero-order chi connectivity index (χ0) is 14.1. The van der Waals surface area contributed by atoms with Crippen LogP contribution >= 0.6 is 0 Å². The maximum atomic E-state index is 11.0. The third-order valence-corrected chi connectivity index (χ3v) is 3.47.